The highest BCUT2D eigenvalue weighted by Gasteiger charge is 1.97. The van der Waals surface area contributed by atoms with Gasteiger partial charge in [-0.25, -0.2) is 0 Å². The molecule has 0 bridgehead atoms. The van der Waals surface area contributed by atoms with Crippen LogP contribution in [-0.2, 0) is 0 Å². The molecule has 0 aliphatic heterocycles. The molecule has 1 rings (SSSR count). The zero-order valence-corrected chi connectivity index (χ0v) is 9.21. The summed E-state index contributed by atoms with van der Waals surface area (Å²) in [6.07, 6.45) is 1.76. The van der Waals surface area contributed by atoms with Gasteiger partial charge >= 0.3 is 0 Å². The zero-order chi connectivity index (χ0) is 11.0. The van der Waals surface area contributed by atoms with E-state index in [1.807, 2.05) is 45.0 Å². The molecule has 14 heavy (non-hydrogen) atoms. The van der Waals surface area contributed by atoms with Crippen LogP contribution >= 0.6 is 0 Å². The van der Waals surface area contributed by atoms with Crippen molar-refractivity contribution >= 4 is 6.08 Å². The predicted molar refractivity (Wildman–Crippen MR) is 63.3 cm³/mol. The molecule has 1 nitrogen and oxygen atoms in total. The topological polar surface area (TPSA) is 9.23 Å². The molecule has 0 saturated carbocycles. The van der Waals surface area contributed by atoms with E-state index in [2.05, 4.69) is 13.2 Å². The van der Waals surface area contributed by atoms with Crippen LogP contribution in [0.5, 0.6) is 5.75 Å². The molecule has 0 saturated heterocycles. The number of allylic oxidation sites excluding steroid dienone is 1. The third-order valence-electron chi connectivity index (χ3n) is 1.42. The summed E-state index contributed by atoms with van der Waals surface area (Å²) in [5, 5.41) is 0. The molecule has 0 N–H and O–H groups in total. The molecule has 0 spiro atoms. The Morgan fingerprint density at radius 2 is 1.86 bits per heavy atom. The van der Waals surface area contributed by atoms with E-state index in [1.165, 1.54) is 0 Å². The van der Waals surface area contributed by atoms with Crippen LogP contribution in [0.15, 0.2) is 43.2 Å². The van der Waals surface area contributed by atoms with Crippen molar-refractivity contribution in [1.82, 2.24) is 0 Å². The Kier molecular flexibility index (Phi) is 6.21. The van der Waals surface area contributed by atoms with Gasteiger partial charge in [0.05, 0.1) is 5.76 Å². The van der Waals surface area contributed by atoms with Crippen LogP contribution in [0.25, 0.3) is 6.08 Å². The predicted octanol–water partition coefficient (Wildman–Crippen LogP) is 4.27. The second-order valence-electron chi connectivity index (χ2n) is 2.55. The molecule has 0 unspecified atom stereocenters. The standard InChI is InChI=1S/C11H12O.C2H6/c1-4-10-7-5-6-8-11(10)12-9(2)3;1-2/h4-8H,1-2H2,3H3;1-2H3. The Bertz CT molecular complexity index is 300. The summed E-state index contributed by atoms with van der Waals surface area (Å²) in [6.45, 7) is 13.2. The number of hydrogen-bond acceptors (Lipinski definition) is 1. The first kappa shape index (κ1) is 12.5. The highest BCUT2D eigenvalue weighted by Crippen LogP contribution is 2.20. The molecule has 0 radical (unpaired) electrons. The number of para-hydroxylation sites is 1. The Labute approximate surface area is 86.7 Å². The Balaban J connectivity index is 0.000000791. The lowest BCUT2D eigenvalue weighted by atomic mass is 10.2. The van der Waals surface area contributed by atoms with Gasteiger partial charge < -0.3 is 4.74 Å². The Hall–Kier alpha value is -1.50. The van der Waals surface area contributed by atoms with Crippen LogP contribution in [0.3, 0.4) is 0 Å². The summed E-state index contributed by atoms with van der Waals surface area (Å²) in [7, 11) is 0. The van der Waals surface area contributed by atoms with Crippen molar-refractivity contribution in [3.8, 4) is 5.75 Å². The van der Waals surface area contributed by atoms with Crippen LogP contribution < -0.4 is 4.74 Å². The first-order valence-electron chi connectivity index (χ1n) is 4.79. The van der Waals surface area contributed by atoms with Gasteiger partial charge in [0.2, 0.25) is 0 Å². The Morgan fingerprint density at radius 3 is 2.36 bits per heavy atom. The van der Waals surface area contributed by atoms with E-state index >= 15 is 0 Å². The maximum Gasteiger partial charge on any atom is 0.134 e. The van der Waals surface area contributed by atoms with E-state index in [0.29, 0.717) is 5.76 Å². The van der Waals surface area contributed by atoms with Gasteiger partial charge in [0.15, 0.2) is 0 Å². The highest BCUT2D eigenvalue weighted by atomic mass is 16.5. The fourth-order valence-corrected chi connectivity index (χ4v) is 0.930. The SMILES string of the molecule is C=Cc1ccccc1OC(=C)C.CC. The second-order valence-corrected chi connectivity index (χ2v) is 2.55. The lowest BCUT2D eigenvalue weighted by Gasteiger charge is -2.06. The summed E-state index contributed by atoms with van der Waals surface area (Å²) >= 11 is 0. The monoisotopic (exact) mass is 190 g/mol. The largest absolute Gasteiger partial charge is 0.462 e. The molecule has 1 aromatic carbocycles. The van der Waals surface area contributed by atoms with Gasteiger partial charge in [-0.3, -0.25) is 0 Å². The number of benzene rings is 1. The van der Waals surface area contributed by atoms with E-state index in [0.717, 1.165) is 11.3 Å². The third kappa shape index (κ3) is 3.94. The normalized spacial score (nSPS) is 8.21. The first-order chi connectivity index (χ1) is 6.74. The molecule has 0 fully saturated rings. The number of ether oxygens (including phenoxy) is 1. The molecule has 76 valence electrons. The minimum absolute atomic E-state index is 0.685. The number of hydrogen-bond donors (Lipinski definition) is 0. The molecular formula is C13H18O. The van der Waals surface area contributed by atoms with Crippen molar-refractivity contribution in [3.63, 3.8) is 0 Å². The van der Waals surface area contributed by atoms with Crippen molar-refractivity contribution in [2.45, 2.75) is 20.8 Å². The van der Waals surface area contributed by atoms with Crippen LogP contribution in [0, 0.1) is 0 Å². The van der Waals surface area contributed by atoms with Crippen LogP contribution in [-0.4, -0.2) is 0 Å². The summed E-state index contributed by atoms with van der Waals surface area (Å²) in [5.41, 5.74) is 0.987. The van der Waals surface area contributed by atoms with Crippen molar-refractivity contribution < 1.29 is 4.74 Å². The summed E-state index contributed by atoms with van der Waals surface area (Å²) < 4.78 is 5.37. The molecule has 0 aliphatic rings. The van der Waals surface area contributed by atoms with Gasteiger partial charge in [0.25, 0.3) is 0 Å². The molecule has 0 aromatic heterocycles. The fourth-order valence-electron chi connectivity index (χ4n) is 0.930. The van der Waals surface area contributed by atoms with Gasteiger partial charge in [-0.2, -0.15) is 0 Å². The third-order valence-corrected chi connectivity index (χ3v) is 1.42. The van der Waals surface area contributed by atoms with E-state index in [9.17, 15) is 0 Å². The van der Waals surface area contributed by atoms with Crippen molar-refractivity contribution in [1.29, 1.82) is 0 Å². The van der Waals surface area contributed by atoms with E-state index in [4.69, 9.17) is 4.74 Å². The van der Waals surface area contributed by atoms with E-state index < -0.39 is 0 Å². The minimum Gasteiger partial charge on any atom is -0.462 e. The highest BCUT2D eigenvalue weighted by molar-refractivity contribution is 5.55. The Morgan fingerprint density at radius 1 is 1.29 bits per heavy atom. The van der Waals surface area contributed by atoms with Crippen molar-refractivity contribution in [3.05, 3.63) is 48.7 Å². The minimum atomic E-state index is 0.685. The molecule has 1 aromatic rings. The summed E-state index contributed by atoms with van der Waals surface area (Å²) in [4.78, 5) is 0. The molecule has 0 amide bonds. The maximum absolute atomic E-state index is 5.37. The molecule has 0 aliphatic carbocycles. The van der Waals surface area contributed by atoms with E-state index in [1.54, 1.807) is 6.08 Å². The number of rotatable bonds is 3. The lowest BCUT2D eigenvalue weighted by molar-refractivity contribution is 0.429. The second kappa shape index (κ2) is 6.96. The van der Waals surface area contributed by atoms with Crippen LogP contribution in [0.1, 0.15) is 26.3 Å². The smallest absolute Gasteiger partial charge is 0.134 e. The van der Waals surface area contributed by atoms with Gasteiger partial charge in [-0.15, -0.1) is 0 Å². The van der Waals surface area contributed by atoms with Crippen molar-refractivity contribution in [2.75, 3.05) is 0 Å². The molecular weight excluding hydrogens is 172 g/mol. The van der Waals surface area contributed by atoms with Gasteiger partial charge in [0, 0.05) is 5.56 Å². The summed E-state index contributed by atoms with van der Waals surface area (Å²) in [5.74, 6) is 1.49. The molecule has 1 heteroatoms. The fraction of sp³-hybridized carbons (Fsp3) is 0.231. The van der Waals surface area contributed by atoms with Gasteiger partial charge in [0.1, 0.15) is 5.75 Å². The average molecular weight is 190 g/mol. The molecule has 0 atom stereocenters. The zero-order valence-electron chi connectivity index (χ0n) is 9.21. The van der Waals surface area contributed by atoms with Crippen LogP contribution in [0.4, 0.5) is 0 Å². The molecule has 0 heterocycles. The quantitative estimate of drug-likeness (QED) is 0.647. The van der Waals surface area contributed by atoms with Gasteiger partial charge in [-0.1, -0.05) is 51.3 Å². The van der Waals surface area contributed by atoms with Crippen molar-refractivity contribution in [2.24, 2.45) is 0 Å². The first-order valence-corrected chi connectivity index (χ1v) is 4.79. The van der Waals surface area contributed by atoms with E-state index in [-0.39, 0.29) is 0 Å². The van der Waals surface area contributed by atoms with Crippen LogP contribution in [0.2, 0.25) is 0 Å². The van der Waals surface area contributed by atoms with Gasteiger partial charge in [-0.05, 0) is 13.0 Å². The average Bonchev–Trinajstić information content (AvgIpc) is 2.21. The maximum atomic E-state index is 5.37. The lowest BCUT2D eigenvalue weighted by Crippen LogP contribution is -1.90. The summed E-state index contributed by atoms with van der Waals surface area (Å²) in [6, 6.07) is 7.71.